The van der Waals surface area contributed by atoms with Crippen LogP contribution in [0.5, 0.6) is 0 Å². The first-order chi connectivity index (χ1) is 14.3. The van der Waals surface area contributed by atoms with E-state index < -0.39 is 10.0 Å². The molecular formula is C18H26N8O2S2. The number of rotatable bonds is 6. The smallest absolute Gasteiger partial charge is 0.262 e. The van der Waals surface area contributed by atoms with Crippen molar-refractivity contribution in [3.63, 3.8) is 0 Å². The maximum absolute atomic E-state index is 13.2. The highest BCUT2D eigenvalue weighted by Gasteiger charge is 2.35. The van der Waals surface area contributed by atoms with Crippen LogP contribution >= 0.6 is 11.8 Å². The average molecular weight is 451 g/mol. The Bertz CT molecular complexity index is 1170. The highest BCUT2D eigenvalue weighted by molar-refractivity contribution is 7.99. The Morgan fingerprint density at radius 2 is 1.97 bits per heavy atom. The van der Waals surface area contributed by atoms with E-state index in [-0.39, 0.29) is 11.6 Å². The molecule has 0 unspecified atom stereocenters. The monoisotopic (exact) mass is 450 g/mol. The van der Waals surface area contributed by atoms with Gasteiger partial charge in [0.2, 0.25) is 0 Å². The van der Waals surface area contributed by atoms with Gasteiger partial charge in [-0.1, -0.05) is 18.7 Å². The van der Waals surface area contributed by atoms with E-state index in [4.69, 9.17) is 5.10 Å². The lowest BCUT2D eigenvalue weighted by molar-refractivity contribution is 0.384. The molecule has 4 heterocycles. The SMILES string of the molecule is CCSc1nnc(-c2nn(C)c3c2CN(S(=O)(=O)c2cn(C)c(C)n2)CC3)n1CC. The topological polar surface area (TPSA) is 104 Å². The van der Waals surface area contributed by atoms with Crippen molar-refractivity contribution >= 4 is 21.8 Å². The van der Waals surface area contributed by atoms with E-state index in [1.165, 1.54) is 4.31 Å². The van der Waals surface area contributed by atoms with Gasteiger partial charge >= 0.3 is 0 Å². The first-order valence-electron chi connectivity index (χ1n) is 9.89. The Balaban J connectivity index is 1.74. The highest BCUT2D eigenvalue weighted by Crippen LogP contribution is 2.32. The van der Waals surface area contributed by atoms with Gasteiger partial charge in [0.05, 0.1) is 0 Å². The molecule has 1 aliphatic rings. The maximum Gasteiger partial charge on any atom is 0.262 e. The second-order valence-electron chi connectivity index (χ2n) is 7.21. The number of thioether (sulfide) groups is 1. The lowest BCUT2D eigenvalue weighted by Gasteiger charge is -2.26. The molecule has 0 saturated heterocycles. The molecule has 0 fully saturated rings. The number of sulfonamides is 1. The van der Waals surface area contributed by atoms with E-state index in [9.17, 15) is 8.42 Å². The van der Waals surface area contributed by atoms with Crippen LogP contribution in [-0.4, -0.2) is 59.1 Å². The van der Waals surface area contributed by atoms with E-state index in [0.717, 1.165) is 22.2 Å². The Hall–Kier alpha value is -2.18. The van der Waals surface area contributed by atoms with Crippen molar-refractivity contribution in [2.75, 3.05) is 12.3 Å². The van der Waals surface area contributed by atoms with E-state index in [1.54, 1.807) is 36.5 Å². The Morgan fingerprint density at radius 3 is 2.60 bits per heavy atom. The molecule has 0 atom stereocenters. The minimum absolute atomic E-state index is 0.0785. The van der Waals surface area contributed by atoms with Crippen LogP contribution in [0.1, 0.15) is 30.9 Å². The zero-order valence-corrected chi connectivity index (χ0v) is 19.5. The van der Waals surface area contributed by atoms with Crippen LogP contribution in [0.25, 0.3) is 11.5 Å². The second-order valence-corrected chi connectivity index (χ2v) is 10.3. The van der Waals surface area contributed by atoms with Crippen molar-refractivity contribution in [3.05, 3.63) is 23.3 Å². The van der Waals surface area contributed by atoms with Crippen molar-refractivity contribution < 1.29 is 8.42 Å². The van der Waals surface area contributed by atoms with Gasteiger partial charge in [-0.15, -0.1) is 10.2 Å². The minimum atomic E-state index is -3.70. The fourth-order valence-electron chi connectivity index (χ4n) is 3.72. The molecule has 3 aromatic rings. The van der Waals surface area contributed by atoms with Crippen LogP contribution in [0.15, 0.2) is 16.4 Å². The Morgan fingerprint density at radius 1 is 1.20 bits per heavy atom. The molecule has 0 bridgehead atoms. The average Bonchev–Trinajstić information content (AvgIpc) is 3.38. The molecule has 0 radical (unpaired) electrons. The summed E-state index contributed by atoms with van der Waals surface area (Å²) >= 11 is 1.63. The molecule has 3 aromatic heterocycles. The van der Waals surface area contributed by atoms with Gasteiger partial charge in [-0.3, -0.25) is 4.68 Å². The summed E-state index contributed by atoms with van der Waals surface area (Å²) in [4.78, 5) is 4.23. The third kappa shape index (κ3) is 3.36. The number of hydrogen-bond acceptors (Lipinski definition) is 7. The van der Waals surface area contributed by atoms with Crippen molar-refractivity contribution in [2.24, 2.45) is 14.1 Å². The lowest BCUT2D eigenvalue weighted by Crippen LogP contribution is -2.36. The summed E-state index contributed by atoms with van der Waals surface area (Å²) in [6.45, 7) is 7.25. The van der Waals surface area contributed by atoms with E-state index in [2.05, 4.69) is 22.1 Å². The summed E-state index contributed by atoms with van der Waals surface area (Å²) in [5.74, 6) is 2.23. The molecule has 10 nitrogen and oxygen atoms in total. The molecule has 0 aromatic carbocycles. The summed E-state index contributed by atoms with van der Waals surface area (Å²) in [5, 5.41) is 14.3. The van der Waals surface area contributed by atoms with E-state index >= 15 is 0 Å². The number of hydrogen-bond donors (Lipinski definition) is 0. The van der Waals surface area contributed by atoms with Crippen LogP contribution in [0.2, 0.25) is 0 Å². The number of fused-ring (bicyclic) bond motifs is 1. The Labute approximate surface area is 180 Å². The normalized spacial score (nSPS) is 15.0. The molecule has 162 valence electrons. The molecule has 0 spiro atoms. The molecule has 12 heteroatoms. The third-order valence-corrected chi connectivity index (χ3v) is 7.98. The van der Waals surface area contributed by atoms with Crippen molar-refractivity contribution in [2.45, 2.75) is 50.5 Å². The number of aromatic nitrogens is 7. The fraction of sp³-hybridized carbons (Fsp3) is 0.556. The number of aryl methyl sites for hydroxylation is 3. The van der Waals surface area contributed by atoms with Crippen molar-refractivity contribution in [1.82, 2.24) is 38.4 Å². The first-order valence-corrected chi connectivity index (χ1v) is 12.3. The fourth-order valence-corrected chi connectivity index (χ4v) is 5.88. The molecule has 30 heavy (non-hydrogen) atoms. The molecular weight excluding hydrogens is 424 g/mol. The standard InChI is InChI=1S/C18H26N8O2S2/c1-6-26-17(20-21-18(26)29-7-2)16-13-10-25(9-8-14(13)24(5)22-16)30(27,28)15-11-23(4)12(3)19-15/h11H,6-10H2,1-5H3. The van der Waals surface area contributed by atoms with Gasteiger partial charge in [0, 0.05) is 57.6 Å². The van der Waals surface area contributed by atoms with Crippen LogP contribution < -0.4 is 0 Å². The van der Waals surface area contributed by atoms with Crippen LogP contribution in [0.3, 0.4) is 0 Å². The predicted octanol–water partition coefficient (Wildman–Crippen LogP) is 1.60. The summed E-state index contributed by atoms with van der Waals surface area (Å²) < 4.78 is 33.5. The number of imidazole rings is 1. The largest absolute Gasteiger partial charge is 0.337 e. The van der Waals surface area contributed by atoms with Gasteiger partial charge in [0.15, 0.2) is 16.0 Å². The van der Waals surface area contributed by atoms with Crippen LogP contribution in [0.4, 0.5) is 0 Å². The summed E-state index contributed by atoms with van der Waals surface area (Å²) in [6.07, 6.45) is 2.15. The van der Waals surface area contributed by atoms with Crippen LogP contribution in [-0.2, 0) is 43.6 Å². The van der Waals surface area contributed by atoms with Gasteiger partial charge in [-0.05, 0) is 19.6 Å². The quantitative estimate of drug-likeness (QED) is 0.525. The summed E-state index contributed by atoms with van der Waals surface area (Å²) in [5.41, 5.74) is 2.61. The molecule has 1 aliphatic heterocycles. The van der Waals surface area contributed by atoms with Gasteiger partial charge in [-0.2, -0.15) is 9.40 Å². The molecule has 0 amide bonds. The minimum Gasteiger partial charge on any atom is -0.337 e. The zero-order valence-electron chi connectivity index (χ0n) is 17.8. The predicted molar refractivity (Wildman–Crippen MR) is 114 cm³/mol. The van der Waals surface area contributed by atoms with Gasteiger partial charge in [0.1, 0.15) is 11.5 Å². The maximum atomic E-state index is 13.2. The molecule has 0 aliphatic carbocycles. The first kappa shape index (κ1) is 21.1. The van der Waals surface area contributed by atoms with Crippen LogP contribution in [0, 0.1) is 6.92 Å². The Kier molecular flexibility index (Phi) is 5.49. The van der Waals surface area contributed by atoms with E-state index in [0.29, 0.717) is 36.9 Å². The third-order valence-electron chi connectivity index (χ3n) is 5.42. The van der Waals surface area contributed by atoms with E-state index in [1.807, 2.05) is 23.2 Å². The van der Waals surface area contributed by atoms with Crippen molar-refractivity contribution in [1.29, 1.82) is 0 Å². The highest BCUT2D eigenvalue weighted by atomic mass is 32.2. The molecule has 0 N–H and O–H groups in total. The summed E-state index contributed by atoms with van der Waals surface area (Å²) in [7, 11) is -0.0159. The summed E-state index contributed by atoms with van der Waals surface area (Å²) in [6, 6.07) is 0. The molecule has 0 saturated carbocycles. The van der Waals surface area contributed by atoms with Gasteiger partial charge < -0.3 is 9.13 Å². The van der Waals surface area contributed by atoms with Gasteiger partial charge in [0.25, 0.3) is 10.0 Å². The second kappa shape index (κ2) is 7.82. The van der Waals surface area contributed by atoms with Crippen molar-refractivity contribution in [3.8, 4) is 11.5 Å². The lowest BCUT2D eigenvalue weighted by atomic mass is 10.1. The zero-order chi connectivity index (χ0) is 21.6. The number of nitrogens with zero attached hydrogens (tertiary/aromatic N) is 8. The molecule has 4 rings (SSSR count). The van der Waals surface area contributed by atoms with Gasteiger partial charge in [-0.25, -0.2) is 13.4 Å².